The van der Waals surface area contributed by atoms with E-state index in [0.717, 1.165) is 19.3 Å². The Kier molecular flexibility index (Phi) is 4.42. The fraction of sp³-hybridized carbons (Fsp3) is 0.462. The number of nitrogens with two attached hydrogens (primary N) is 2. The SMILES string of the molecule is NCC1CCCCN1S(=O)(=O)c1ccc(C(N)=O)cc1. The molecule has 1 atom stereocenters. The third kappa shape index (κ3) is 2.84. The van der Waals surface area contributed by atoms with E-state index < -0.39 is 15.9 Å². The van der Waals surface area contributed by atoms with Crippen molar-refractivity contribution in [2.24, 2.45) is 11.5 Å². The zero-order valence-corrected chi connectivity index (χ0v) is 12.0. The van der Waals surface area contributed by atoms with E-state index in [1.165, 1.54) is 28.6 Å². The first-order valence-corrected chi connectivity index (χ1v) is 8.02. The third-order valence-electron chi connectivity index (χ3n) is 3.59. The largest absolute Gasteiger partial charge is 0.366 e. The summed E-state index contributed by atoms with van der Waals surface area (Å²) in [5.74, 6) is -0.577. The van der Waals surface area contributed by atoms with Crippen LogP contribution in [0.1, 0.15) is 29.6 Å². The minimum atomic E-state index is -3.56. The Morgan fingerprint density at radius 1 is 1.25 bits per heavy atom. The molecule has 1 amide bonds. The molecule has 1 saturated heterocycles. The van der Waals surface area contributed by atoms with Gasteiger partial charge in [-0.15, -0.1) is 0 Å². The number of benzene rings is 1. The van der Waals surface area contributed by atoms with E-state index in [2.05, 4.69) is 0 Å². The molecule has 1 aromatic rings. The molecule has 1 aromatic carbocycles. The molecule has 2 rings (SSSR count). The number of hydrogen-bond donors (Lipinski definition) is 2. The summed E-state index contributed by atoms with van der Waals surface area (Å²) in [4.78, 5) is 11.2. The van der Waals surface area contributed by atoms with Crippen molar-refractivity contribution >= 4 is 15.9 Å². The highest BCUT2D eigenvalue weighted by molar-refractivity contribution is 7.89. The van der Waals surface area contributed by atoms with Gasteiger partial charge in [-0.3, -0.25) is 4.79 Å². The lowest BCUT2D eigenvalue weighted by Gasteiger charge is -2.33. The lowest BCUT2D eigenvalue weighted by molar-refractivity contribution is 0.1000. The van der Waals surface area contributed by atoms with Crippen LogP contribution in [0.5, 0.6) is 0 Å². The molecule has 20 heavy (non-hydrogen) atoms. The molecule has 1 aliphatic heterocycles. The van der Waals surface area contributed by atoms with E-state index in [-0.39, 0.29) is 16.5 Å². The molecular weight excluding hydrogens is 278 g/mol. The summed E-state index contributed by atoms with van der Waals surface area (Å²) in [5, 5.41) is 0. The van der Waals surface area contributed by atoms with Gasteiger partial charge < -0.3 is 11.5 Å². The average molecular weight is 297 g/mol. The second kappa shape index (κ2) is 5.90. The smallest absolute Gasteiger partial charge is 0.248 e. The second-order valence-electron chi connectivity index (χ2n) is 4.89. The molecule has 0 saturated carbocycles. The van der Waals surface area contributed by atoms with Gasteiger partial charge in [0, 0.05) is 24.7 Å². The molecule has 1 heterocycles. The van der Waals surface area contributed by atoms with Crippen LogP contribution in [-0.4, -0.2) is 37.8 Å². The predicted molar refractivity (Wildman–Crippen MR) is 75.5 cm³/mol. The van der Waals surface area contributed by atoms with Gasteiger partial charge in [-0.25, -0.2) is 8.42 Å². The Labute approximate surface area is 118 Å². The second-order valence-corrected chi connectivity index (χ2v) is 6.78. The van der Waals surface area contributed by atoms with E-state index in [4.69, 9.17) is 11.5 Å². The summed E-state index contributed by atoms with van der Waals surface area (Å²) in [6, 6.07) is 5.53. The van der Waals surface area contributed by atoms with Gasteiger partial charge in [-0.2, -0.15) is 4.31 Å². The van der Waals surface area contributed by atoms with Gasteiger partial charge in [0.15, 0.2) is 0 Å². The van der Waals surface area contributed by atoms with Gasteiger partial charge in [-0.1, -0.05) is 6.42 Å². The molecule has 6 nitrogen and oxygen atoms in total. The van der Waals surface area contributed by atoms with Crippen molar-refractivity contribution in [1.29, 1.82) is 0 Å². The van der Waals surface area contributed by atoms with Crippen molar-refractivity contribution in [3.63, 3.8) is 0 Å². The molecule has 1 fully saturated rings. The van der Waals surface area contributed by atoms with Crippen LogP contribution in [0.2, 0.25) is 0 Å². The highest BCUT2D eigenvalue weighted by Crippen LogP contribution is 2.25. The highest BCUT2D eigenvalue weighted by Gasteiger charge is 2.32. The van der Waals surface area contributed by atoms with Gasteiger partial charge in [0.2, 0.25) is 15.9 Å². The number of hydrogen-bond acceptors (Lipinski definition) is 4. The van der Waals surface area contributed by atoms with Gasteiger partial charge in [0.1, 0.15) is 0 Å². The molecule has 0 bridgehead atoms. The van der Waals surface area contributed by atoms with E-state index in [0.29, 0.717) is 13.1 Å². The van der Waals surface area contributed by atoms with Crippen LogP contribution in [-0.2, 0) is 10.0 Å². The quantitative estimate of drug-likeness (QED) is 0.832. The Bertz CT molecular complexity index is 583. The maximum atomic E-state index is 12.6. The molecule has 0 aromatic heterocycles. The van der Waals surface area contributed by atoms with Crippen molar-refractivity contribution < 1.29 is 13.2 Å². The Balaban J connectivity index is 2.31. The number of amides is 1. The van der Waals surface area contributed by atoms with Gasteiger partial charge >= 0.3 is 0 Å². The Hall–Kier alpha value is -1.44. The predicted octanol–water partition coefficient (Wildman–Crippen LogP) is 0.287. The first-order chi connectivity index (χ1) is 9.46. The molecule has 0 aliphatic carbocycles. The maximum Gasteiger partial charge on any atom is 0.248 e. The number of nitrogens with zero attached hydrogens (tertiary/aromatic N) is 1. The lowest BCUT2D eigenvalue weighted by Crippen LogP contribution is -2.47. The first kappa shape index (κ1) is 15.0. The zero-order chi connectivity index (χ0) is 14.8. The Morgan fingerprint density at radius 2 is 1.90 bits per heavy atom. The highest BCUT2D eigenvalue weighted by atomic mass is 32.2. The fourth-order valence-electron chi connectivity index (χ4n) is 2.45. The first-order valence-electron chi connectivity index (χ1n) is 6.58. The van der Waals surface area contributed by atoms with Gasteiger partial charge in [0.05, 0.1) is 4.90 Å². The van der Waals surface area contributed by atoms with E-state index >= 15 is 0 Å². The number of rotatable bonds is 4. The van der Waals surface area contributed by atoms with E-state index in [1.807, 2.05) is 0 Å². The summed E-state index contributed by atoms with van der Waals surface area (Å²) < 4.78 is 26.7. The minimum Gasteiger partial charge on any atom is -0.366 e. The summed E-state index contributed by atoms with van der Waals surface area (Å²) in [5.41, 5.74) is 11.1. The minimum absolute atomic E-state index is 0.149. The number of primary amides is 1. The zero-order valence-electron chi connectivity index (χ0n) is 11.2. The number of piperidine rings is 1. The normalized spacial score (nSPS) is 20.8. The molecule has 110 valence electrons. The van der Waals surface area contributed by atoms with Gasteiger partial charge in [0.25, 0.3) is 0 Å². The molecule has 1 aliphatic rings. The summed E-state index contributed by atoms with van der Waals surface area (Å²) in [7, 11) is -3.56. The molecular formula is C13H19N3O3S. The average Bonchev–Trinajstić information content (AvgIpc) is 2.47. The number of sulfonamides is 1. The van der Waals surface area contributed by atoms with Crippen molar-refractivity contribution in [2.45, 2.75) is 30.2 Å². The van der Waals surface area contributed by atoms with Crippen LogP contribution in [0, 0.1) is 0 Å². The molecule has 1 unspecified atom stereocenters. The topological polar surface area (TPSA) is 106 Å². The molecule has 0 spiro atoms. The summed E-state index contributed by atoms with van der Waals surface area (Å²) in [6.45, 7) is 0.806. The number of carbonyl (C=O) groups is 1. The van der Waals surface area contributed by atoms with Crippen LogP contribution in [0.4, 0.5) is 0 Å². The number of carbonyl (C=O) groups excluding carboxylic acids is 1. The standard InChI is InChI=1S/C13H19N3O3S/c14-9-11-3-1-2-8-16(11)20(18,19)12-6-4-10(5-7-12)13(15)17/h4-7,11H,1-3,8-9,14H2,(H2,15,17). The van der Waals surface area contributed by atoms with Crippen molar-refractivity contribution in [3.05, 3.63) is 29.8 Å². The van der Waals surface area contributed by atoms with E-state index in [9.17, 15) is 13.2 Å². The van der Waals surface area contributed by atoms with Crippen LogP contribution in [0.3, 0.4) is 0 Å². The Morgan fingerprint density at radius 3 is 2.45 bits per heavy atom. The van der Waals surface area contributed by atoms with Crippen LogP contribution in [0.25, 0.3) is 0 Å². The maximum absolute atomic E-state index is 12.6. The van der Waals surface area contributed by atoms with Gasteiger partial charge in [-0.05, 0) is 37.1 Å². The monoisotopic (exact) mass is 297 g/mol. The molecule has 4 N–H and O–H groups in total. The van der Waals surface area contributed by atoms with Crippen LogP contribution in [0.15, 0.2) is 29.2 Å². The van der Waals surface area contributed by atoms with E-state index in [1.54, 1.807) is 0 Å². The lowest BCUT2D eigenvalue weighted by atomic mass is 10.1. The van der Waals surface area contributed by atoms with Crippen molar-refractivity contribution in [1.82, 2.24) is 4.31 Å². The molecule has 0 radical (unpaired) electrons. The van der Waals surface area contributed by atoms with Crippen LogP contribution < -0.4 is 11.5 Å². The summed E-state index contributed by atoms with van der Waals surface area (Å²) in [6.07, 6.45) is 2.62. The fourth-order valence-corrected chi connectivity index (χ4v) is 4.16. The van der Waals surface area contributed by atoms with Crippen molar-refractivity contribution in [3.8, 4) is 0 Å². The molecule has 7 heteroatoms. The van der Waals surface area contributed by atoms with Crippen LogP contribution >= 0.6 is 0 Å². The summed E-state index contributed by atoms with van der Waals surface area (Å²) >= 11 is 0. The third-order valence-corrected chi connectivity index (χ3v) is 5.56. The van der Waals surface area contributed by atoms with Crippen molar-refractivity contribution in [2.75, 3.05) is 13.1 Å².